The maximum atomic E-state index is 9.74. The molecule has 1 aliphatic heterocycles. The summed E-state index contributed by atoms with van der Waals surface area (Å²) in [5, 5.41) is 17.1. The zero-order valence-corrected chi connectivity index (χ0v) is 30.9. The number of hydrogen-bond donors (Lipinski definition) is 0. The fraction of sp³-hybridized carbons (Fsp3) is 0.0392. The van der Waals surface area contributed by atoms with Gasteiger partial charge in [0.05, 0.1) is 28.7 Å². The Kier molecular flexibility index (Phi) is 8.02. The molecule has 4 heteroatoms. The zero-order chi connectivity index (χ0) is 36.9. The van der Waals surface area contributed by atoms with E-state index >= 15 is 0 Å². The molecule has 0 unspecified atom stereocenters. The van der Waals surface area contributed by atoms with Gasteiger partial charge in [-0.1, -0.05) is 133 Å². The van der Waals surface area contributed by atoms with Crippen LogP contribution in [0.5, 0.6) is 0 Å². The second-order valence-corrected chi connectivity index (χ2v) is 15.1. The average Bonchev–Trinajstić information content (AvgIpc) is 3.54. The monoisotopic (exact) mass is 719 g/mol. The Labute approximate surface area is 323 Å². The van der Waals surface area contributed by atoms with Crippen molar-refractivity contribution in [1.29, 1.82) is 5.26 Å². The Morgan fingerprint density at radius 2 is 1.29 bits per heavy atom. The highest BCUT2D eigenvalue weighted by molar-refractivity contribution is 7.25. The summed E-state index contributed by atoms with van der Waals surface area (Å²) in [6, 6.07) is 57.9. The Balaban J connectivity index is 1.17. The lowest BCUT2D eigenvalue weighted by molar-refractivity contribution is 1.27. The molecule has 0 saturated heterocycles. The molecule has 0 atom stereocenters. The molecule has 0 amide bonds. The number of nitrogens with zero attached hydrogens (tertiary/aromatic N) is 3. The van der Waals surface area contributed by atoms with Gasteiger partial charge in [0.1, 0.15) is 0 Å². The zero-order valence-electron chi connectivity index (χ0n) is 30.1. The fourth-order valence-corrected chi connectivity index (χ4v) is 9.23. The predicted molar refractivity (Wildman–Crippen MR) is 232 cm³/mol. The molecular formula is C51H33N3S. The maximum Gasteiger partial charge on any atom is 0.0998 e. The molecule has 0 radical (unpaired) electrons. The molecule has 7 aromatic carbocycles. The summed E-state index contributed by atoms with van der Waals surface area (Å²) in [6.45, 7) is 2.18. The van der Waals surface area contributed by atoms with E-state index in [2.05, 4.69) is 153 Å². The van der Waals surface area contributed by atoms with Gasteiger partial charge >= 0.3 is 0 Å². The van der Waals surface area contributed by atoms with Gasteiger partial charge in [0, 0.05) is 32.8 Å². The van der Waals surface area contributed by atoms with Crippen LogP contribution in [0.4, 0.5) is 0 Å². The lowest BCUT2D eigenvalue weighted by Crippen LogP contribution is -2.01. The smallest absolute Gasteiger partial charge is 0.0998 e. The van der Waals surface area contributed by atoms with Gasteiger partial charge in [-0.25, -0.2) is 4.99 Å². The van der Waals surface area contributed by atoms with Crippen molar-refractivity contribution in [2.45, 2.75) is 13.3 Å². The van der Waals surface area contributed by atoms with Gasteiger partial charge in [-0.2, -0.15) is 5.26 Å². The van der Waals surface area contributed by atoms with E-state index in [-0.39, 0.29) is 0 Å². The number of thiophene rings is 1. The van der Waals surface area contributed by atoms with Gasteiger partial charge in [-0.3, -0.25) is 4.98 Å². The number of aliphatic imine (C=N–C) groups is 1. The van der Waals surface area contributed by atoms with Crippen molar-refractivity contribution in [3.05, 3.63) is 198 Å². The lowest BCUT2D eigenvalue weighted by Gasteiger charge is -2.13. The van der Waals surface area contributed by atoms with Crippen molar-refractivity contribution in [1.82, 2.24) is 4.98 Å². The second kappa shape index (κ2) is 13.5. The van der Waals surface area contributed by atoms with Crippen molar-refractivity contribution < 1.29 is 0 Å². The van der Waals surface area contributed by atoms with Crippen molar-refractivity contribution in [3.8, 4) is 28.3 Å². The van der Waals surface area contributed by atoms with Gasteiger partial charge < -0.3 is 0 Å². The van der Waals surface area contributed by atoms with Crippen LogP contribution >= 0.6 is 11.3 Å². The Morgan fingerprint density at radius 3 is 2.13 bits per heavy atom. The molecule has 2 aromatic heterocycles. The van der Waals surface area contributed by atoms with Gasteiger partial charge in [0.25, 0.3) is 0 Å². The molecule has 3 nitrogen and oxygen atoms in total. The van der Waals surface area contributed by atoms with Crippen LogP contribution < -0.4 is 0 Å². The highest BCUT2D eigenvalue weighted by Crippen LogP contribution is 2.44. The largest absolute Gasteiger partial charge is 0.254 e. The summed E-state index contributed by atoms with van der Waals surface area (Å²) in [6.07, 6.45) is 4.90. The highest BCUT2D eigenvalue weighted by atomic mass is 32.1. The van der Waals surface area contributed by atoms with Gasteiger partial charge in [0.15, 0.2) is 0 Å². The van der Waals surface area contributed by atoms with Crippen LogP contribution in [-0.2, 0) is 0 Å². The number of aromatic nitrogens is 1. The van der Waals surface area contributed by atoms with Crippen molar-refractivity contribution in [2.24, 2.45) is 4.99 Å². The van der Waals surface area contributed by atoms with Crippen LogP contribution in [0, 0.1) is 11.3 Å². The number of fused-ring (bicyclic) bond motifs is 6. The number of hydrogen-bond acceptors (Lipinski definition) is 4. The third kappa shape index (κ3) is 5.65. The summed E-state index contributed by atoms with van der Waals surface area (Å²) in [5.41, 5.74) is 12.2. The number of nitriles is 1. The highest BCUT2D eigenvalue weighted by Gasteiger charge is 2.22. The Morgan fingerprint density at radius 1 is 0.582 bits per heavy atom. The van der Waals surface area contributed by atoms with E-state index in [4.69, 9.17) is 9.98 Å². The van der Waals surface area contributed by atoms with Crippen molar-refractivity contribution in [3.63, 3.8) is 0 Å². The predicted octanol–water partition coefficient (Wildman–Crippen LogP) is 13.7. The molecule has 10 rings (SSSR count). The van der Waals surface area contributed by atoms with E-state index in [9.17, 15) is 5.26 Å². The first-order chi connectivity index (χ1) is 27.1. The normalized spacial score (nSPS) is 13.2. The minimum Gasteiger partial charge on any atom is -0.254 e. The first kappa shape index (κ1) is 32.7. The Hall–Kier alpha value is -6.93. The van der Waals surface area contributed by atoms with E-state index in [0.29, 0.717) is 12.0 Å². The first-order valence-corrected chi connectivity index (χ1v) is 19.3. The van der Waals surface area contributed by atoms with Crippen molar-refractivity contribution in [2.75, 3.05) is 0 Å². The fourth-order valence-electron chi connectivity index (χ4n) is 8.15. The minimum atomic E-state index is 0.664. The summed E-state index contributed by atoms with van der Waals surface area (Å²) in [7, 11) is 0. The molecule has 1 aliphatic rings. The number of allylic oxidation sites excluding steroid dienone is 3. The topological polar surface area (TPSA) is 49.0 Å². The lowest BCUT2D eigenvalue weighted by atomic mass is 9.92. The molecule has 0 fully saturated rings. The third-order valence-electron chi connectivity index (χ3n) is 10.9. The van der Waals surface area contributed by atoms with Crippen LogP contribution in [0.1, 0.15) is 35.7 Å². The van der Waals surface area contributed by atoms with Crippen molar-refractivity contribution >= 4 is 70.0 Å². The van der Waals surface area contributed by atoms with Gasteiger partial charge in [-0.15, -0.1) is 11.3 Å². The van der Waals surface area contributed by atoms with Crippen LogP contribution in [0.3, 0.4) is 0 Å². The first-order valence-electron chi connectivity index (χ1n) is 18.5. The summed E-state index contributed by atoms with van der Waals surface area (Å²) in [5.74, 6) is 0. The molecule has 9 aromatic rings. The van der Waals surface area contributed by atoms with Crippen LogP contribution in [0.25, 0.3) is 75.2 Å². The molecule has 55 heavy (non-hydrogen) atoms. The number of rotatable bonds is 5. The van der Waals surface area contributed by atoms with E-state index < -0.39 is 0 Å². The molecular weight excluding hydrogens is 687 g/mol. The van der Waals surface area contributed by atoms with E-state index in [1.165, 1.54) is 47.5 Å². The standard InChI is InChI=1S/C51H33N3S/c1-32-39(33-11-3-2-4-12-33)24-25-46(35-21-19-34(20-22-35)40-15-7-6-14-38(40)31-52)54-50(32)51-49-45-30-37(23-26-47(45)55-48(49)27-28-53-51)44-29-36-13-5-8-16-41(36)42-17-9-10-18-43(42)44/h2-24,26-30H,25H2,1H3. The number of pyridine rings is 1. The van der Waals surface area contributed by atoms with Crippen LogP contribution in [-0.4, -0.2) is 10.7 Å². The van der Waals surface area contributed by atoms with E-state index in [0.717, 1.165) is 55.9 Å². The molecule has 0 saturated carbocycles. The third-order valence-corrected chi connectivity index (χ3v) is 12.0. The van der Waals surface area contributed by atoms with Crippen LogP contribution in [0.15, 0.2) is 181 Å². The Bertz CT molecular complexity index is 3120. The molecule has 0 aliphatic carbocycles. The number of benzene rings is 7. The molecule has 3 heterocycles. The van der Waals surface area contributed by atoms with Gasteiger partial charge in [-0.05, 0) is 103 Å². The van der Waals surface area contributed by atoms with E-state index in [1.807, 2.05) is 30.5 Å². The second-order valence-electron chi connectivity index (χ2n) is 14.0. The average molecular weight is 720 g/mol. The van der Waals surface area contributed by atoms with E-state index in [1.54, 1.807) is 11.3 Å². The molecule has 258 valence electrons. The molecule has 0 N–H and O–H groups in total. The van der Waals surface area contributed by atoms with Gasteiger partial charge in [0.2, 0.25) is 0 Å². The SMILES string of the molecule is CC1=C(c2nccc3sc4ccc(-c5cc6ccccc6c6ccccc56)cc4c23)N=C(c2ccc(-c3ccccc3C#N)cc2)CC=C1c1ccccc1. The van der Waals surface area contributed by atoms with Crippen LogP contribution in [0.2, 0.25) is 0 Å². The summed E-state index contributed by atoms with van der Waals surface area (Å²) >= 11 is 1.80. The summed E-state index contributed by atoms with van der Waals surface area (Å²) < 4.78 is 2.41. The maximum absolute atomic E-state index is 9.74. The quantitative estimate of drug-likeness (QED) is 0.166. The molecule has 0 bridgehead atoms. The summed E-state index contributed by atoms with van der Waals surface area (Å²) in [4.78, 5) is 10.7. The minimum absolute atomic E-state index is 0.664. The molecule has 0 spiro atoms.